The molecule has 1 rings (SSSR count). The maximum atomic E-state index is 12.4. The lowest BCUT2D eigenvalue weighted by Crippen LogP contribution is -2.30. The number of rotatable bonds is 3. The van der Waals surface area contributed by atoms with Gasteiger partial charge in [-0.15, -0.1) is 0 Å². The summed E-state index contributed by atoms with van der Waals surface area (Å²) in [5.41, 5.74) is -0.956. The molecule has 0 aliphatic heterocycles. The molecule has 0 aromatic heterocycles. The average molecular weight is 247 g/mol. The normalized spacial score (nSPS) is 13.2. The zero-order valence-corrected chi connectivity index (χ0v) is 9.08. The third-order valence-electron chi connectivity index (χ3n) is 2.01. The molecule has 0 fully saturated rings. The highest BCUT2D eigenvalue weighted by Gasteiger charge is 2.30. The monoisotopic (exact) mass is 247 g/mol. The van der Waals surface area contributed by atoms with Gasteiger partial charge in [-0.25, -0.2) is 0 Å². The molecular formula is C11H12F3NO2. The molecule has 1 aromatic carbocycles. The van der Waals surface area contributed by atoms with Gasteiger partial charge in [0, 0.05) is 12.1 Å². The third kappa shape index (κ3) is 4.07. The van der Waals surface area contributed by atoms with Gasteiger partial charge in [-0.05, 0) is 25.1 Å². The highest BCUT2D eigenvalue weighted by atomic mass is 19.4. The predicted molar refractivity (Wildman–Crippen MR) is 55.5 cm³/mol. The minimum Gasteiger partial charge on any atom is -0.392 e. The maximum Gasteiger partial charge on any atom is 0.416 e. The summed E-state index contributed by atoms with van der Waals surface area (Å²) in [5.74, 6) is -0.642. The van der Waals surface area contributed by atoms with Crippen molar-refractivity contribution in [1.29, 1.82) is 0 Å². The van der Waals surface area contributed by atoms with E-state index in [1.165, 1.54) is 19.1 Å². The molecule has 6 heteroatoms. The molecule has 1 aromatic rings. The molecule has 1 amide bonds. The van der Waals surface area contributed by atoms with Crippen molar-refractivity contribution < 1.29 is 23.1 Å². The van der Waals surface area contributed by atoms with Crippen molar-refractivity contribution in [1.82, 2.24) is 5.32 Å². The fourth-order valence-corrected chi connectivity index (χ4v) is 1.18. The summed E-state index contributed by atoms with van der Waals surface area (Å²) in [6, 6.07) is 4.12. The van der Waals surface area contributed by atoms with Crippen molar-refractivity contribution >= 4 is 5.91 Å². The SMILES string of the molecule is C[C@@H](O)CNC(=O)c1cccc(C(F)(F)F)c1. The van der Waals surface area contributed by atoms with E-state index in [0.29, 0.717) is 0 Å². The van der Waals surface area contributed by atoms with Gasteiger partial charge in [-0.2, -0.15) is 13.2 Å². The van der Waals surface area contributed by atoms with E-state index >= 15 is 0 Å². The van der Waals surface area contributed by atoms with E-state index in [-0.39, 0.29) is 12.1 Å². The van der Waals surface area contributed by atoms with Crippen LogP contribution in [0.4, 0.5) is 13.2 Å². The Morgan fingerprint density at radius 2 is 2.12 bits per heavy atom. The Hall–Kier alpha value is -1.56. The number of amides is 1. The molecule has 0 saturated carbocycles. The van der Waals surface area contributed by atoms with E-state index in [2.05, 4.69) is 5.32 Å². The second-order valence-corrected chi connectivity index (χ2v) is 3.64. The minimum absolute atomic E-state index is 0.00488. The molecule has 0 saturated heterocycles. The van der Waals surface area contributed by atoms with Crippen LogP contribution in [0.3, 0.4) is 0 Å². The second kappa shape index (κ2) is 5.18. The standard InChI is InChI=1S/C11H12F3NO2/c1-7(16)6-15-10(17)8-3-2-4-9(5-8)11(12,13)14/h2-5,7,16H,6H2,1H3,(H,15,17)/t7-/m1/s1. The van der Waals surface area contributed by atoms with Gasteiger partial charge in [-0.3, -0.25) is 4.79 Å². The van der Waals surface area contributed by atoms with Gasteiger partial charge < -0.3 is 10.4 Å². The number of carbonyl (C=O) groups is 1. The van der Waals surface area contributed by atoms with Crippen LogP contribution in [0.25, 0.3) is 0 Å². The Morgan fingerprint density at radius 3 is 2.65 bits per heavy atom. The molecule has 0 unspecified atom stereocenters. The number of carbonyl (C=O) groups excluding carboxylic acids is 1. The molecule has 0 radical (unpaired) electrons. The van der Waals surface area contributed by atoms with Crippen molar-refractivity contribution in [2.24, 2.45) is 0 Å². The lowest BCUT2D eigenvalue weighted by molar-refractivity contribution is -0.137. The highest BCUT2D eigenvalue weighted by Crippen LogP contribution is 2.29. The van der Waals surface area contributed by atoms with E-state index in [0.717, 1.165) is 12.1 Å². The third-order valence-corrected chi connectivity index (χ3v) is 2.01. The van der Waals surface area contributed by atoms with Gasteiger partial charge in [0.05, 0.1) is 11.7 Å². The fraction of sp³-hybridized carbons (Fsp3) is 0.364. The Labute approximate surface area is 96.3 Å². The van der Waals surface area contributed by atoms with Crippen molar-refractivity contribution in [3.8, 4) is 0 Å². The number of hydrogen-bond acceptors (Lipinski definition) is 2. The van der Waals surface area contributed by atoms with Crippen LogP contribution < -0.4 is 5.32 Å². The second-order valence-electron chi connectivity index (χ2n) is 3.64. The molecular weight excluding hydrogens is 235 g/mol. The molecule has 0 heterocycles. The molecule has 0 aliphatic rings. The first-order valence-corrected chi connectivity index (χ1v) is 4.94. The number of aliphatic hydroxyl groups excluding tert-OH is 1. The smallest absolute Gasteiger partial charge is 0.392 e. The first-order chi connectivity index (χ1) is 7.80. The number of alkyl halides is 3. The van der Waals surface area contributed by atoms with E-state index < -0.39 is 23.8 Å². The number of nitrogens with one attached hydrogen (secondary N) is 1. The maximum absolute atomic E-state index is 12.4. The molecule has 3 nitrogen and oxygen atoms in total. The minimum atomic E-state index is -4.47. The fourth-order valence-electron chi connectivity index (χ4n) is 1.18. The molecule has 94 valence electrons. The van der Waals surface area contributed by atoms with Crippen LogP contribution in [0.2, 0.25) is 0 Å². The van der Waals surface area contributed by atoms with E-state index in [1.807, 2.05) is 0 Å². The van der Waals surface area contributed by atoms with Gasteiger partial charge >= 0.3 is 6.18 Å². The summed E-state index contributed by atoms with van der Waals surface area (Å²) in [6.45, 7) is 1.46. The molecule has 0 bridgehead atoms. The van der Waals surface area contributed by atoms with Crippen molar-refractivity contribution in [2.45, 2.75) is 19.2 Å². The zero-order chi connectivity index (χ0) is 13.1. The Bertz CT molecular complexity index is 402. The summed E-state index contributed by atoms with van der Waals surface area (Å²) < 4.78 is 37.1. The number of hydrogen-bond donors (Lipinski definition) is 2. The lowest BCUT2D eigenvalue weighted by Gasteiger charge is -2.10. The van der Waals surface area contributed by atoms with Crippen molar-refractivity contribution in [3.05, 3.63) is 35.4 Å². The van der Waals surface area contributed by atoms with Crippen molar-refractivity contribution in [3.63, 3.8) is 0 Å². The van der Waals surface area contributed by atoms with E-state index in [4.69, 9.17) is 5.11 Å². The van der Waals surface area contributed by atoms with Crippen LogP contribution in [-0.4, -0.2) is 23.7 Å². The number of benzene rings is 1. The molecule has 2 N–H and O–H groups in total. The van der Waals surface area contributed by atoms with Crippen LogP contribution in [0.5, 0.6) is 0 Å². The van der Waals surface area contributed by atoms with Gasteiger partial charge in [0.25, 0.3) is 5.91 Å². The van der Waals surface area contributed by atoms with E-state index in [1.54, 1.807) is 0 Å². The Balaban J connectivity index is 2.81. The van der Waals surface area contributed by atoms with Crippen LogP contribution >= 0.6 is 0 Å². The molecule has 0 aliphatic carbocycles. The highest BCUT2D eigenvalue weighted by molar-refractivity contribution is 5.94. The Morgan fingerprint density at radius 1 is 1.47 bits per heavy atom. The molecule has 1 atom stereocenters. The summed E-state index contributed by atoms with van der Waals surface area (Å²) in [5, 5.41) is 11.3. The predicted octanol–water partition coefficient (Wildman–Crippen LogP) is 1.82. The number of aliphatic hydroxyl groups is 1. The Kier molecular flexibility index (Phi) is 4.11. The van der Waals surface area contributed by atoms with Crippen LogP contribution in [0, 0.1) is 0 Å². The first kappa shape index (κ1) is 13.5. The average Bonchev–Trinajstić information content (AvgIpc) is 2.25. The summed E-state index contributed by atoms with van der Waals surface area (Å²) in [7, 11) is 0. The summed E-state index contributed by atoms with van der Waals surface area (Å²) >= 11 is 0. The van der Waals surface area contributed by atoms with Crippen LogP contribution in [0.1, 0.15) is 22.8 Å². The van der Waals surface area contributed by atoms with Crippen LogP contribution in [-0.2, 0) is 6.18 Å². The van der Waals surface area contributed by atoms with Crippen molar-refractivity contribution in [2.75, 3.05) is 6.54 Å². The molecule has 0 spiro atoms. The van der Waals surface area contributed by atoms with Crippen LogP contribution in [0.15, 0.2) is 24.3 Å². The quantitative estimate of drug-likeness (QED) is 0.855. The van der Waals surface area contributed by atoms with Gasteiger partial charge in [0.15, 0.2) is 0 Å². The zero-order valence-electron chi connectivity index (χ0n) is 9.08. The van der Waals surface area contributed by atoms with Gasteiger partial charge in [0.2, 0.25) is 0 Å². The number of halogens is 3. The topological polar surface area (TPSA) is 49.3 Å². The largest absolute Gasteiger partial charge is 0.416 e. The first-order valence-electron chi connectivity index (χ1n) is 4.94. The molecule has 17 heavy (non-hydrogen) atoms. The van der Waals surface area contributed by atoms with Gasteiger partial charge in [-0.1, -0.05) is 6.07 Å². The summed E-state index contributed by atoms with van der Waals surface area (Å²) in [4.78, 5) is 11.4. The van der Waals surface area contributed by atoms with Gasteiger partial charge in [0.1, 0.15) is 0 Å². The lowest BCUT2D eigenvalue weighted by atomic mass is 10.1. The van der Waals surface area contributed by atoms with E-state index in [9.17, 15) is 18.0 Å². The summed E-state index contributed by atoms with van der Waals surface area (Å²) in [6.07, 6.45) is -5.22.